The third-order valence-corrected chi connectivity index (χ3v) is 3.29. The monoisotopic (exact) mass is 358 g/mol. The highest BCUT2D eigenvalue weighted by molar-refractivity contribution is 9.10. The first-order valence-corrected chi connectivity index (χ1v) is 6.48. The number of methoxy groups -OCH3 is 1. The van der Waals surface area contributed by atoms with Crippen LogP contribution in [-0.2, 0) is 4.74 Å². The third kappa shape index (κ3) is 2.85. The molecule has 0 spiro atoms. The molecule has 1 aromatic carbocycles. The van der Waals surface area contributed by atoms with Crippen molar-refractivity contribution in [3.63, 3.8) is 0 Å². The smallest absolute Gasteiger partial charge is 0.362 e. The van der Waals surface area contributed by atoms with Crippen molar-refractivity contribution in [1.29, 1.82) is 0 Å². The molecule has 21 heavy (non-hydrogen) atoms. The normalized spacial score (nSPS) is 10.5. The summed E-state index contributed by atoms with van der Waals surface area (Å²) in [4.78, 5) is 23.4. The van der Waals surface area contributed by atoms with Crippen molar-refractivity contribution in [3.8, 4) is 5.69 Å². The Hall–Kier alpha value is -2.09. The minimum absolute atomic E-state index is 0.0892. The Labute approximate surface area is 126 Å². The Bertz CT molecular complexity index is 766. The molecular formula is C13H9BrF2N2O3. The summed E-state index contributed by atoms with van der Waals surface area (Å²) in [7, 11) is 1.10. The van der Waals surface area contributed by atoms with E-state index in [4.69, 9.17) is 0 Å². The second kappa shape index (κ2) is 5.72. The van der Waals surface area contributed by atoms with Gasteiger partial charge in [-0.1, -0.05) is 0 Å². The molecule has 1 heterocycles. The van der Waals surface area contributed by atoms with Gasteiger partial charge in [0.2, 0.25) is 11.1 Å². The number of hydrogen-bond donors (Lipinski definition) is 0. The average molecular weight is 359 g/mol. The number of hydrogen-bond acceptors (Lipinski definition) is 4. The molecule has 0 bridgehead atoms. The van der Waals surface area contributed by atoms with Gasteiger partial charge in [0.1, 0.15) is 11.5 Å². The quantitative estimate of drug-likeness (QED) is 0.773. The van der Waals surface area contributed by atoms with Gasteiger partial charge in [-0.2, -0.15) is 5.10 Å². The first kappa shape index (κ1) is 15.3. The van der Waals surface area contributed by atoms with Gasteiger partial charge in [-0.15, -0.1) is 0 Å². The number of nitrogens with zero attached hydrogens (tertiary/aromatic N) is 2. The molecule has 0 radical (unpaired) electrons. The van der Waals surface area contributed by atoms with Crippen LogP contribution in [0.5, 0.6) is 0 Å². The number of aryl methyl sites for hydroxylation is 1. The summed E-state index contributed by atoms with van der Waals surface area (Å²) in [5, 5.41) is 3.76. The number of aromatic nitrogens is 2. The summed E-state index contributed by atoms with van der Waals surface area (Å²) >= 11 is 3.02. The van der Waals surface area contributed by atoms with Crippen LogP contribution in [0.15, 0.2) is 27.6 Å². The summed E-state index contributed by atoms with van der Waals surface area (Å²) in [6, 6.07) is 1.72. The maximum absolute atomic E-state index is 13.9. The Morgan fingerprint density at radius 1 is 1.38 bits per heavy atom. The van der Waals surface area contributed by atoms with Crippen molar-refractivity contribution in [2.75, 3.05) is 7.11 Å². The second-order valence-electron chi connectivity index (χ2n) is 4.14. The molecule has 0 unspecified atom stereocenters. The molecule has 0 fully saturated rings. The number of benzene rings is 1. The zero-order valence-corrected chi connectivity index (χ0v) is 12.6. The molecule has 2 rings (SSSR count). The van der Waals surface area contributed by atoms with Crippen LogP contribution in [0, 0.1) is 18.6 Å². The van der Waals surface area contributed by atoms with Crippen LogP contribution in [0.25, 0.3) is 5.69 Å². The van der Waals surface area contributed by atoms with Crippen molar-refractivity contribution < 1.29 is 18.3 Å². The minimum atomic E-state index is -0.934. The van der Waals surface area contributed by atoms with Crippen LogP contribution in [-0.4, -0.2) is 22.9 Å². The standard InChI is InChI=1S/C13H9BrF2N2O3/c1-6-5-18(17-10(12(6)19)13(20)21-2)11-8(14)3-7(15)4-9(11)16/h3-5H,1-2H3. The fourth-order valence-electron chi connectivity index (χ4n) is 1.71. The van der Waals surface area contributed by atoms with E-state index in [0.717, 1.165) is 17.9 Å². The fraction of sp³-hybridized carbons (Fsp3) is 0.154. The van der Waals surface area contributed by atoms with Crippen LogP contribution in [0.1, 0.15) is 16.1 Å². The zero-order chi connectivity index (χ0) is 15.7. The van der Waals surface area contributed by atoms with Crippen molar-refractivity contribution in [1.82, 2.24) is 9.78 Å². The van der Waals surface area contributed by atoms with E-state index in [2.05, 4.69) is 25.8 Å². The van der Waals surface area contributed by atoms with Gasteiger partial charge >= 0.3 is 5.97 Å². The van der Waals surface area contributed by atoms with Crippen LogP contribution < -0.4 is 5.43 Å². The molecule has 0 amide bonds. The number of esters is 1. The van der Waals surface area contributed by atoms with Crippen LogP contribution in [0.2, 0.25) is 0 Å². The lowest BCUT2D eigenvalue weighted by Gasteiger charge is -2.11. The van der Waals surface area contributed by atoms with E-state index in [1.54, 1.807) is 0 Å². The molecule has 0 atom stereocenters. The summed E-state index contributed by atoms with van der Waals surface area (Å²) in [5.74, 6) is -2.60. The topological polar surface area (TPSA) is 61.2 Å². The molecule has 0 saturated heterocycles. The zero-order valence-electron chi connectivity index (χ0n) is 11.0. The number of carbonyl (C=O) groups excluding carboxylic acids is 1. The largest absolute Gasteiger partial charge is 0.464 e. The lowest BCUT2D eigenvalue weighted by molar-refractivity contribution is 0.0590. The van der Waals surface area contributed by atoms with Gasteiger partial charge in [0, 0.05) is 22.3 Å². The van der Waals surface area contributed by atoms with Gasteiger partial charge in [0.15, 0.2) is 5.82 Å². The van der Waals surface area contributed by atoms with E-state index in [-0.39, 0.29) is 15.7 Å². The van der Waals surface area contributed by atoms with Crippen molar-refractivity contribution in [3.05, 3.63) is 55.9 Å². The molecular weight excluding hydrogens is 350 g/mol. The lowest BCUT2D eigenvalue weighted by atomic mass is 10.2. The van der Waals surface area contributed by atoms with E-state index < -0.39 is 28.7 Å². The van der Waals surface area contributed by atoms with Crippen molar-refractivity contribution >= 4 is 21.9 Å². The van der Waals surface area contributed by atoms with Gasteiger partial charge in [-0.05, 0) is 28.9 Å². The van der Waals surface area contributed by atoms with E-state index in [1.165, 1.54) is 13.1 Å². The highest BCUT2D eigenvalue weighted by Gasteiger charge is 2.19. The number of ether oxygens (including phenoxy) is 1. The van der Waals surface area contributed by atoms with Crippen LogP contribution >= 0.6 is 15.9 Å². The van der Waals surface area contributed by atoms with Gasteiger partial charge in [0.25, 0.3) is 0 Å². The molecule has 2 aromatic rings. The molecule has 0 aliphatic rings. The van der Waals surface area contributed by atoms with E-state index >= 15 is 0 Å². The molecule has 0 saturated carbocycles. The van der Waals surface area contributed by atoms with E-state index in [9.17, 15) is 18.4 Å². The van der Waals surface area contributed by atoms with Gasteiger partial charge in [0.05, 0.1) is 7.11 Å². The highest BCUT2D eigenvalue weighted by Crippen LogP contribution is 2.24. The fourth-order valence-corrected chi connectivity index (χ4v) is 2.30. The maximum Gasteiger partial charge on any atom is 0.362 e. The molecule has 0 aliphatic heterocycles. The average Bonchev–Trinajstić information content (AvgIpc) is 2.40. The molecule has 8 heteroatoms. The maximum atomic E-state index is 13.9. The van der Waals surface area contributed by atoms with Crippen molar-refractivity contribution in [2.45, 2.75) is 6.92 Å². The van der Waals surface area contributed by atoms with Gasteiger partial charge < -0.3 is 4.74 Å². The van der Waals surface area contributed by atoms with Crippen molar-refractivity contribution in [2.24, 2.45) is 0 Å². The van der Waals surface area contributed by atoms with Gasteiger partial charge in [-0.3, -0.25) is 4.79 Å². The predicted octanol–water partition coefficient (Wildman–Crippen LogP) is 2.37. The summed E-state index contributed by atoms with van der Waals surface area (Å²) in [6.45, 7) is 1.45. The lowest BCUT2D eigenvalue weighted by Crippen LogP contribution is -2.24. The minimum Gasteiger partial charge on any atom is -0.464 e. The predicted molar refractivity (Wildman–Crippen MR) is 73.5 cm³/mol. The van der Waals surface area contributed by atoms with E-state index in [0.29, 0.717) is 6.07 Å². The number of carbonyl (C=O) groups is 1. The molecule has 5 nitrogen and oxygen atoms in total. The third-order valence-electron chi connectivity index (χ3n) is 2.69. The van der Waals surface area contributed by atoms with Crippen LogP contribution in [0.4, 0.5) is 8.78 Å². The Morgan fingerprint density at radius 3 is 2.62 bits per heavy atom. The first-order chi connectivity index (χ1) is 9.85. The molecule has 0 aliphatic carbocycles. The summed E-state index contributed by atoms with van der Waals surface area (Å²) in [5.41, 5.74) is -1.05. The summed E-state index contributed by atoms with van der Waals surface area (Å²) < 4.78 is 32.6. The molecule has 110 valence electrons. The Kier molecular flexibility index (Phi) is 4.17. The van der Waals surface area contributed by atoms with E-state index in [1.807, 2.05) is 0 Å². The number of rotatable bonds is 2. The Morgan fingerprint density at radius 2 is 2.05 bits per heavy atom. The Balaban J connectivity index is 2.74. The molecule has 1 aromatic heterocycles. The first-order valence-electron chi connectivity index (χ1n) is 5.69. The second-order valence-corrected chi connectivity index (χ2v) is 5.00. The SMILES string of the molecule is COC(=O)c1nn(-c2c(F)cc(F)cc2Br)cc(C)c1=O. The highest BCUT2D eigenvalue weighted by atomic mass is 79.9. The number of halogens is 3. The summed E-state index contributed by atoms with van der Waals surface area (Å²) in [6.07, 6.45) is 1.25. The van der Waals surface area contributed by atoms with Gasteiger partial charge in [-0.25, -0.2) is 18.3 Å². The molecule has 0 N–H and O–H groups in total. The van der Waals surface area contributed by atoms with Crippen LogP contribution in [0.3, 0.4) is 0 Å².